The van der Waals surface area contributed by atoms with Gasteiger partial charge in [-0.05, 0) is 18.1 Å². The zero-order chi connectivity index (χ0) is 21.0. The van der Waals surface area contributed by atoms with E-state index in [0.29, 0.717) is 16.9 Å². The predicted octanol–water partition coefficient (Wildman–Crippen LogP) is 2.91. The summed E-state index contributed by atoms with van der Waals surface area (Å²) in [6, 6.07) is 18.2. The van der Waals surface area contributed by atoms with Gasteiger partial charge in [-0.15, -0.1) is 0 Å². The Morgan fingerprint density at radius 2 is 1.60 bits per heavy atom. The average Bonchev–Trinajstić information content (AvgIpc) is 3.33. The van der Waals surface area contributed by atoms with Gasteiger partial charge < -0.3 is 0 Å². The summed E-state index contributed by atoms with van der Waals surface area (Å²) >= 11 is 0. The number of aryl methyl sites for hydroxylation is 2. The first-order valence-corrected chi connectivity index (χ1v) is 9.86. The van der Waals surface area contributed by atoms with Crippen molar-refractivity contribution in [1.29, 1.82) is 0 Å². The van der Waals surface area contributed by atoms with E-state index in [-0.39, 0.29) is 5.56 Å². The highest BCUT2D eigenvalue weighted by Crippen LogP contribution is 2.30. The Morgan fingerprint density at radius 1 is 0.900 bits per heavy atom. The molecule has 0 aliphatic rings. The van der Waals surface area contributed by atoms with Crippen LogP contribution < -0.4 is 11.2 Å². The molecular weight excluding hydrogens is 378 g/mol. The largest absolute Gasteiger partial charge is 0.332 e. The highest BCUT2D eigenvalue weighted by molar-refractivity contribution is 5.79. The molecule has 5 aromatic rings. The molecular formula is C23H21N5O2. The minimum atomic E-state index is -0.392. The summed E-state index contributed by atoms with van der Waals surface area (Å²) in [5.41, 5.74) is 4.13. The van der Waals surface area contributed by atoms with Crippen molar-refractivity contribution in [2.75, 3.05) is 0 Å². The molecule has 3 heterocycles. The Hall–Kier alpha value is -3.87. The van der Waals surface area contributed by atoms with Gasteiger partial charge in [-0.25, -0.2) is 4.79 Å². The standard InChI is InChI=1S/C23H21N5O2/c1-4-15-10-8-9-13-17(15)28-18(16-11-6-5-7-12-16)14-27-19-20(24-22(27)28)25(2)23(30)26(3)21(19)29/h5-14H,4H2,1-3H3. The summed E-state index contributed by atoms with van der Waals surface area (Å²) in [4.78, 5) is 30.1. The molecule has 30 heavy (non-hydrogen) atoms. The lowest BCUT2D eigenvalue weighted by Crippen LogP contribution is -2.37. The zero-order valence-electron chi connectivity index (χ0n) is 17.0. The molecule has 150 valence electrons. The average molecular weight is 399 g/mol. The lowest BCUT2D eigenvalue weighted by Gasteiger charge is -2.13. The van der Waals surface area contributed by atoms with Crippen molar-refractivity contribution in [3.8, 4) is 16.9 Å². The highest BCUT2D eigenvalue weighted by Gasteiger charge is 2.22. The summed E-state index contributed by atoms with van der Waals surface area (Å²) in [5, 5.41) is 0. The number of hydrogen-bond acceptors (Lipinski definition) is 3. The van der Waals surface area contributed by atoms with Crippen LogP contribution in [0.5, 0.6) is 0 Å². The van der Waals surface area contributed by atoms with Crippen molar-refractivity contribution in [2.24, 2.45) is 14.1 Å². The molecule has 0 unspecified atom stereocenters. The van der Waals surface area contributed by atoms with Crippen LogP contribution in [0.15, 0.2) is 70.4 Å². The number of imidazole rings is 2. The summed E-state index contributed by atoms with van der Waals surface area (Å²) in [6.07, 6.45) is 2.79. The molecule has 0 fully saturated rings. The second kappa shape index (κ2) is 6.59. The number of hydrogen-bond donors (Lipinski definition) is 0. The van der Waals surface area contributed by atoms with Crippen molar-refractivity contribution in [3.63, 3.8) is 0 Å². The first kappa shape index (κ1) is 18.2. The monoisotopic (exact) mass is 399 g/mol. The van der Waals surface area contributed by atoms with Gasteiger partial charge in [0.05, 0.1) is 11.4 Å². The van der Waals surface area contributed by atoms with Crippen LogP contribution in [-0.4, -0.2) is 23.1 Å². The van der Waals surface area contributed by atoms with Crippen LogP contribution in [-0.2, 0) is 20.5 Å². The number of rotatable bonds is 3. The van der Waals surface area contributed by atoms with Gasteiger partial charge in [0, 0.05) is 25.9 Å². The smallest absolute Gasteiger partial charge is 0.279 e. The summed E-state index contributed by atoms with van der Waals surface area (Å²) in [5.74, 6) is 0.600. The van der Waals surface area contributed by atoms with Crippen LogP contribution in [0.1, 0.15) is 12.5 Å². The molecule has 2 aromatic carbocycles. The van der Waals surface area contributed by atoms with Gasteiger partial charge >= 0.3 is 5.69 Å². The van der Waals surface area contributed by atoms with Gasteiger partial charge in [0.15, 0.2) is 11.2 Å². The van der Waals surface area contributed by atoms with E-state index in [2.05, 4.69) is 23.6 Å². The van der Waals surface area contributed by atoms with Gasteiger partial charge in [-0.2, -0.15) is 4.98 Å². The van der Waals surface area contributed by atoms with Crippen LogP contribution >= 0.6 is 0 Å². The van der Waals surface area contributed by atoms with Gasteiger partial charge in [-0.3, -0.25) is 22.9 Å². The Kier molecular flexibility index (Phi) is 3.99. The first-order chi connectivity index (χ1) is 14.5. The fraction of sp³-hybridized carbons (Fsp3) is 0.174. The second-order valence-corrected chi connectivity index (χ2v) is 7.36. The zero-order valence-corrected chi connectivity index (χ0v) is 17.0. The third-order valence-corrected chi connectivity index (χ3v) is 5.65. The van der Waals surface area contributed by atoms with E-state index < -0.39 is 5.69 Å². The molecule has 0 aliphatic carbocycles. The molecule has 0 atom stereocenters. The van der Waals surface area contributed by atoms with Crippen LogP contribution in [0.4, 0.5) is 0 Å². The third kappa shape index (κ3) is 2.41. The molecule has 0 amide bonds. The van der Waals surface area contributed by atoms with Crippen molar-refractivity contribution in [3.05, 3.63) is 87.2 Å². The summed E-state index contributed by atoms with van der Waals surface area (Å²) in [7, 11) is 3.13. The quantitative estimate of drug-likeness (QED) is 0.469. The van der Waals surface area contributed by atoms with Gasteiger partial charge in [0.1, 0.15) is 0 Å². The van der Waals surface area contributed by atoms with E-state index in [1.807, 2.05) is 48.7 Å². The van der Waals surface area contributed by atoms with E-state index in [0.717, 1.165) is 27.9 Å². The van der Waals surface area contributed by atoms with Crippen LogP contribution in [0, 0.1) is 0 Å². The summed E-state index contributed by atoms with van der Waals surface area (Å²) in [6.45, 7) is 2.11. The Labute approximate surface area is 172 Å². The Balaban J connectivity index is 2.00. The molecule has 0 N–H and O–H groups in total. The number of benzene rings is 2. The van der Waals surface area contributed by atoms with Crippen molar-refractivity contribution >= 4 is 16.9 Å². The van der Waals surface area contributed by atoms with Gasteiger partial charge in [0.25, 0.3) is 5.56 Å². The van der Waals surface area contributed by atoms with Gasteiger partial charge in [0.2, 0.25) is 5.78 Å². The van der Waals surface area contributed by atoms with Crippen molar-refractivity contribution < 1.29 is 0 Å². The number of para-hydroxylation sites is 1. The van der Waals surface area contributed by atoms with E-state index in [4.69, 9.17) is 4.98 Å². The molecule has 0 bridgehead atoms. The lowest BCUT2D eigenvalue weighted by molar-refractivity contribution is 0.708. The molecule has 5 rings (SSSR count). The lowest BCUT2D eigenvalue weighted by atomic mass is 10.1. The SMILES string of the molecule is CCc1ccccc1-n1c(-c2ccccc2)cn2c3c(=O)n(C)c(=O)n(C)c3nc12. The van der Waals surface area contributed by atoms with Crippen LogP contribution in [0.2, 0.25) is 0 Å². The topological polar surface area (TPSA) is 66.2 Å². The number of nitrogens with zero attached hydrogens (tertiary/aromatic N) is 5. The fourth-order valence-electron chi connectivity index (χ4n) is 4.05. The molecule has 0 saturated heterocycles. The van der Waals surface area contributed by atoms with Crippen molar-refractivity contribution in [1.82, 2.24) is 23.1 Å². The first-order valence-electron chi connectivity index (χ1n) is 9.86. The third-order valence-electron chi connectivity index (χ3n) is 5.65. The number of aromatic nitrogens is 5. The molecule has 0 saturated carbocycles. The van der Waals surface area contributed by atoms with E-state index in [1.54, 1.807) is 11.4 Å². The van der Waals surface area contributed by atoms with Crippen LogP contribution in [0.3, 0.4) is 0 Å². The predicted molar refractivity (Wildman–Crippen MR) is 117 cm³/mol. The van der Waals surface area contributed by atoms with E-state index in [1.165, 1.54) is 17.2 Å². The van der Waals surface area contributed by atoms with Crippen LogP contribution in [0.25, 0.3) is 33.9 Å². The highest BCUT2D eigenvalue weighted by atomic mass is 16.2. The molecule has 7 heteroatoms. The van der Waals surface area contributed by atoms with Crippen molar-refractivity contribution in [2.45, 2.75) is 13.3 Å². The molecule has 0 radical (unpaired) electrons. The van der Waals surface area contributed by atoms with E-state index >= 15 is 0 Å². The molecule has 0 spiro atoms. The van der Waals surface area contributed by atoms with E-state index in [9.17, 15) is 9.59 Å². The summed E-state index contributed by atoms with van der Waals surface area (Å²) < 4.78 is 6.40. The normalized spacial score (nSPS) is 11.6. The Morgan fingerprint density at radius 3 is 2.33 bits per heavy atom. The maximum Gasteiger partial charge on any atom is 0.332 e. The molecule has 0 aliphatic heterocycles. The minimum Gasteiger partial charge on any atom is -0.279 e. The Bertz CT molecular complexity index is 1530. The number of fused-ring (bicyclic) bond motifs is 3. The maximum absolute atomic E-state index is 13.0. The molecule has 7 nitrogen and oxygen atoms in total. The fourth-order valence-corrected chi connectivity index (χ4v) is 4.05. The second-order valence-electron chi connectivity index (χ2n) is 7.36. The maximum atomic E-state index is 13.0. The minimum absolute atomic E-state index is 0.360. The molecule has 3 aromatic heterocycles. The van der Waals surface area contributed by atoms with Gasteiger partial charge in [-0.1, -0.05) is 55.5 Å².